The van der Waals surface area contributed by atoms with E-state index >= 15 is 0 Å². The summed E-state index contributed by atoms with van der Waals surface area (Å²) in [6.45, 7) is 3.95. The van der Waals surface area contributed by atoms with Gasteiger partial charge >= 0.3 is 6.09 Å². The average molecular weight is 386 g/mol. The van der Waals surface area contributed by atoms with Crippen LogP contribution >= 0.6 is 11.6 Å². The summed E-state index contributed by atoms with van der Waals surface area (Å²) >= 11 is 6.20. The van der Waals surface area contributed by atoms with Crippen molar-refractivity contribution < 1.29 is 14.3 Å². The molecule has 1 aliphatic heterocycles. The number of aryl methyl sites for hydroxylation is 1. The van der Waals surface area contributed by atoms with Crippen LogP contribution in [0.1, 0.15) is 29.8 Å². The molecule has 7 nitrogen and oxygen atoms in total. The first-order valence-corrected chi connectivity index (χ1v) is 8.74. The van der Waals surface area contributed by atoms with Crippen LogP contribution < -0.4 is 20.3 Å². The third kappa shape index (κ3) is 3.21. The molecule has 1 N–H and O–H groups in total. The number of carbonyl (C=O) groups excluding carboxylic acids is 1. The molecule has 0 fully saturated rings. The van der Waals surface area contributed by atoms with Crippen LogP contribution in [0.3, 0.4) is 0 Å². The molecule has 138 valence electrons. The Balaban J connectivity index is 1.78. The van der Waals surface area contributed by atoms with Gasteiger partial charge in [0.15, 0.2) is 11.5 Å². The lowest BCUT2D eigenvalue weighted by atomic mass is 10.1. The van der Waals surface area contributed by atoms with Gasteiger partial charge in [0.2, 0.25) is 0 Å². The van der Waals surface area contributed by atoms with Crippen LogP contribution in [0, 0.1) is 6.92 Å². The molecule has 0 saturated heterocycles. The predicted molar refractivity (Wildman–Crippen MR) is 99.6 cm³/mol. The Morgan fingerprint density at radius 2 is 2.15 bits per heavy atom. The summed E-state index contributed by atoms with van der Waals surface area (Å²) in [6, 6.07) is 8.57. The van der Waals surface area contributed by atoms with Crippen molar-refractivity contribution in [2.24, 2.45) is 0 Å². The quantitative estimate of drug-likeness (QED) is 0.747. The van der Waals surface area contributed by atoms with Gasteiger partial charge in [0.25, 0.3) is 5.56 Å². The Bertz CT molecular complexity index is 1130. The van der Waals surface area contributed by atoms with Gasteiger partial charge in [-0.15, -0.1) is 0 Å². The molecule has 0 bridgehead atoms. The fourth-order valence-corrected chi connectivity index (χ4v) is 3.28. The van der Waals surface area contributed by atoms with Gasteiger partial charge in [-0.3, -0.25) is 9.20 Å². The number of carbonyl (C=O) groups is 1. The van der Waals surface area contributed by atoms with E-state index in [4.69, 9.17) is 21.1 Å². The molecule has 1 aliphatic rings. The minimum atomic E-state index is -0.525. The van der Waals surface area contributed by atoms with E-state index < -0.39 is 12.2 Å². The molecule has 4 rings (SSSR count). The number of nitrogens with one attached hydrogen (secondary N) is 1. The molecule has 1 atom stereocenters. The number of benzene rings is 1. The lowest BCUT2D eigenvalue weighted by molar-refractivity contribution is 0.182. The number of halogens is 1. The van der Waals surface area contributed by atoms with Crippen molar-refractivity contribution >= 4 is 23.3 Å². The molecule has 3 aromatic rings. The highest BCUT2D eigenvalue weighted by atomic mass is 35.5. The highest BCUT2D eigenvalue weighted by molar-refractivity contribution is 6.30. The van der Waals surface area contributed by atoms with Crippen molar-refractivity contribution in [2.75, 3.05) is 0 Å². The number of para-hydroxylation sites is 1. The zero-order valence-corrected chi connectivity index (χ0v) is 15.4. The fourth-order valence-electron chi connectivity index (χ4n) is 3.07. The number of hydrogen-bond acceptors (Lipinski definition) is 5. The number of aromatic nitrogens is 2. The summed E-state index contributed by atoms with van der Waals surface area (Å²) in [4.78, 5) is 28.3. The Morgan fingerprint density at radius 1 is 1.33 bits per heavy atom. The maximum atomic E-state index is 12.3. The van der Waals surface area contributed by atoms with Crippen LogP contribution in [0.15, 0.2) is 41.3 Å². The predicted octanol–water partition coefficient (Wildman–Crippen LogP) is 3.40. The fraction of sp³-hybridized carbons (Fsp3) is 0.211. The number of fused-ring (bicyclic) bond motifs is 2. The lowest BCUT2D eigenvalue weighted by Crippen LogP contribution is -2.31. The molecule has 0 radical (unpaired) electrons. The van der Waals surface area contributed by atoms with Gasteiger partial charge in [0, 0.05) is 35.6 Å². The second kappa shape index (κ2) is 6.59. The van der Waals surface area contributed by atoms with E-state index in [0.29, 0.717) is 40.0 Å². The van der Waals surface area contributed by atoms with Crippen molar-refractivity contribution in [3.63, 3.8) is 0 Å². The molecule has 27 heavy (non-hydrogen) atoms. The maximum Gasteiger partial charge on any atom is 0.413 e. The molecule has 3 heterocycles. The minimum Gasteiger partial charge on any atom is -0.482 e. The topological polar surface area (TPSA) is 81.9 Å². The van der Waals surface area contributed by atoms with E-state index in [1.807, 2.05) is 19.1 Å². The van der Waals surface area contributed by atoms with Crippen molar-refractivity contribution in [1.29, 1.82) is 0 Å². The largest absolute Gasteiger partial charge is 0.482 e. The standard InChI is InChI=1S/C19H16ClN3O4/c1-10-6-16(24)23-9-13(20)7-14(18(23)22-10)11(2)26-15-5-3-4-12-8-21-19(25)27-17(12)15/h3-7,9,11H,8H2,1-2H3,(H,21,25)/t11-/m1/s1. The molecule has 0 unspecified atom stereocenters. The van der Waals surface area contributed by atoms with Crippen LogP contribution in [0.2, 0.25) is 5.02 Å². The zero-order chi connectivity index (χ0) is 19.1. The molecule has 0 aliphatic carbocycles. The number of rotatable bonds is 3. The minimum absolute atomic E-state index is 0.217. The second-order valence-electron chi connectivity index (χ2n) is 6.29. The van der Waals surface area contributed by atoms with Gasteiger partial charge in [-0.25, -0.2) is 9.78 Å². The molecule has 0 spiro atoms. The lowest BCUT2D eigenvalue weighted by Gasteiger charge is -2.23. The highest BCUT2D eigenvalue weighted by Crippen LogP contribution is 2.36. The average Bonchev–Trinajstić information content (AvgIpc) is 2.62. The third-order valence-electron chi connectivity index (χ3n) is 4.30. The van der Waals surface area contributed by atoms with Crippen LogP contribution in [-0.4, -0.2) is 15.5 Å². The Kier molecular flexibility index (Phi) is 4.24. The van der Waals surface area contributed by atoms with E-state index in [0.717, 1.165) is 5.56 Å². The van der Waals surface area contributed by atoms with Crippen molar-refractivity contribution in [3.05, 3.63) is 68.7 Å². The van der Waals surface area contributed by atoms with Gasteiger partial charge < -0.3 is 14.8 Å². The monoisotopic (exact) mass is 385 g/mol. The van der Waals surface area contributed by atoms with E-state index in [9.17, 15) is 9.59 Å². The first-order chi connectivity index (χ1) is 12.9. The van der Waals surface area contributed by atoms with Gasteiger partial charge in [-0.2, -0.15) is 0 Å². The van der Waals surface area contributed by atoms with E-state index in [1.54, 1.807) is 19.1 Å². The number of nitrogens with zero attached hydrogens (tertiary/aromatic N) is 2. The van der Waals surface area contributed by atoms with Crippen molar-refractivity contribution in [3.8, 4) is 11.5 Å². The summed E-state index contributed by atoms with van der Waals surface area (Å²) in [7, 11) is 0. The van der Waals surface area contributed by atoms with Crippen LogP contribution in [0.25, 0.3) is 5.65 Å². The Labute approximate surface area is 159 Å². The molecule has 0 saturated carbocycles. The number of amides is 1. The SMILES string of the molecule is Cc1cc(=O)n2cc(Cl)cc([C@@H](C)Oc3cccc4c3OC(=O)NC4)c2n1. The molecule has 1 aromatic carbocycles. The summed E-state index contributed by atoms with van der Waals surface area (Å²) < 4.78 is 12.7. The maximum absolute atomic E-state index is 12.3. The third-order valence-corrected chi connectivity index (χ3v) is 4.51. The van der Waals surface area contributed by atoms with Gasteiger partial charge in [-0.05, 0) is 26.0 Å². The van der Waals surface area contributed by atoms with Gasteiger partial charge in [0.05, 0.1) is 5.02 Å². The number of pyridine rings is 1. The smallest absolute Gasteiger partial charge is 0.413 e. The number of ether oxygens (including phenoxy) is 2. The molecule has 2 aromatic heterocycles. The molecular weight excluding hydrogens is 370 g/mol. The Hall–Kier alpha value is -3.06. The van der Waals surface area contributed by atoms with Crippen LogP contribution in [0.4, 0.5) is 4.79 Å². The van der Waals surface area contributed by atoms with Crippen LogP contribution in [0.5, 0.6) is 11.5 Å². The summed E-state index contributed by atoms with van der Waals surface area (Å²) in [5.74, 6) is 0.823. The summed E-state index contributed by atoms with van der Waals surface area (Å²) in [5, 5.41) is 3.01. The molecular formula is C19H16ClN3O4. The first-order valence-electron chi connectivity index (χ1n) is 8.36. The highest BCUT2D eigenvalue weighted by Gasteiger charge is 2.23. The van der Waals surface area contributed by atoms with Gasteiger partial charge in [0.1, 0.15) is 11.8 Å². The molecule has 8 heteroatoms. The van der Waals surface area contributed by atoms with E-state index in [2.05, 4.69) is 10.3 Å². The van der Waals surface area contributed by atoms with Gasteiger partial charge in [-0.1, -0.05) is 23.7 Å². The van der Waals surface area contributed by atoms with Crippen molar-refractivity contribution in [2.45, 2.75) is 26.5 Å². The van der Waals surface area contributed by atoms with E-state index in [-0.39, 0.29) is 5.56 Å². The van der Waals surface area contributed by atoms with Crippen LogP contribution in [-0.2, 0) is 6.54 Å². The van der Waals surface area contributed by atoms with Crippen molar-refractivity contribution in [1.82, 2.24) is 14.7 Å². The zero-order valence-electron chi connectivity index (χ0n) is 14.7. The summed E-state index contributed by atoms with van der Waals surface area (Å²) in [6.07, 6.45) is 0.510. The number of hydrogen-bond donors (Lipinski definition) is 1. The molecule has 1 amide bonds. The normalized spacial score (nSPS) is 14.3. The first kappa shape index (κ1) is 17.4. The second-order valence-corrected chi connectivity index (χ2v) is 6.73. The summed E-state index contributed by atoms with van der Waals surface area (Å²) in [5.41, 5.74) is 2.33. The Morgan fingerprint density at radius 3 is 2.96 bits per heavy atom. The van der Waals surface area contributed by atoms with E-state index in [1.165, 1.54) is 16.7 Å².